The second kappa shape index (κ2) is 3.18. The van der Waals surface area contributed by atoms with Crippen molar-refractivity contribution in [2.24, 2.45) is 0 Å². The van der Waals surface area contributed by atoms with Gasteiger partial charge >= 0.3 is 7.12 Å². The molecular formula is C9H12BNO3. The Labute approximate surface area is 82.9 Å². The Bertz CT molecular complexity index is 367. The van der Waals surface area contributed by atoms with Crippen LogP contribution in [0.2, 0.25) is 0 Å². The number of phenolic OH excluding ortho intramolecular Hbond substituents is 1. The number of phenols is 1. The van der Waals surface area contributed by atoms with Gasteiger partial charge in [0.2, 0.25) is 0 Å². The van der Waals surface area contributed by atoms with E-state index < -0.39 is 7.12 Å². The standard InChI is InChI=1S/C9H12BNO3/c1-11(2)9-7(12)4-3-6-5-14-10(13)8(6)9/h3-4,12-13H,5H2,1-2H3. The maximum absolute atomic E-state index is 9.65. The number of anilines is 1. The van der Waals surface area contributed by atoms with Crippen molar-refractivity contribution < 1.29 is 14.8 Å². The molecule has 0 aromatic heterocycles. The highest BCUT2D eigenvalue weighted by Gasteiger charge is 2.32. The molecule has 74 valence electrons. The molecule has 1 heterocycles. The summed E-state index contributed by atoms with van der Waals surface area (Å²) in [6, 6.07) is 3.39. The predicted molar refractivity (Wildman–Crippen MR) is 54.8 cm³/mol. The molecule has 1 aliphatic heterocycles. The highest BCUT2D eigenvalue weighted by molar-refractivity contribution is 6.63. The molecule has 14 heavy (non-hydrogen) atoms. The van der Waals surface area contributed by atoms with Crippen LogP contribution >= 0.6 is 0 Å². The zero-order chi connectivity index (χ0) is 10.3. The molecule has 1 aromatic rings. The smallest absolute Gasteiger partial charge is 0.494 e. The fraction of sp³-hybridized carbons (Fsp3) is 0.333. The van der Waals surface area contributed by atoms with Crippen LogP contribution in [0.5, 0.6) is 5.75 Å². The molecule has 2 N–H and O–H groups in total. The summed E-state index contributed by atoms with van der Waals surface area (Å²) >= 11 is 0. The van der Waals surface area contributed by atoms with Crippen molar-refractivity contribution in [3.8, 4) is 5.75 Å². The van der Waals surface area contributed by atoms with Crippen LogP contribution in [0.15, 0.2) is 12.1 Å². The van der Waals surface area contributed by atoms with Gasteiger partial charge in [-0.3, -0.25) is 0 Å². The van der Waals surface area contributed by atoms with E-state index in [1.54, 1.807) is 17.0 Å². The first-order chi connectivity index (χ1) is 6.61. The summed E-state index contributed by atoms with van der Waals surface area (Å²) in [5.41, 5.74) is 2.24. The molecule has 0 spiro atoms. The lowest BCUT2D eigenvalue weighted by atomic mass is 9.77. The lowest BCUT2D eigenvalue weighted by Crippen LogP contribution is -2.33. The molecule has 1 aromatic carbocycles. The molecule has 0 aliphatic carbocycles. The average molecular weight is 193 g/mol. The van der Waals surface area contributed by atoms with Crippen LogP contribution in [-0.4, -0.2) is 31.3 Å². The van der Waals surface area contributed by atoms with Gasteiger partial charge in [0, 0.05) is 19.6 Å². The van der Waals surface area contributed by atoms with Crippen LogP contribution in [0.25, 0.3) is 0 Å². The van der Waals surface area contributed by atoms with Crippen molar-refractivity contribution in [3.63, 3.8) is 0 Å². The third kappa shape index (κ3) is 1.25. The molecule has 0 atom stereocenters. The van der Waals surface area contributed by atoms with Gasteiger partial charge in [-0.25, -0.2) is 0 Å². The third-order valence-corrected chi connectivity index (χ3v) is 2.38. The summed E-state index contributed by atoms with van der Waals surface area (Å²) < 4.78 is 5.09. The zero-order valence-electron chi connectivity index (χ0n) is 8.19. The van der Waals surface area contributed by atoms with Crippen LogP contribution in [0.1, 0.15) is 5.56 Å². The molecule has 4 nitrogen and oxygen atoms in total. The maximum Gasteiger partial charge on any atom is 0.494 e. The van der Waals surface area contributed by atoms with Crippen molar-refractivity contribution in [1.82, 2.24) is 0 Å². The second-order valence-corrected chi connectivity index (χ2v) is 3.56. The normalized spacial score (nSPS) is 14.4. The van der Waals surface area contributed by atoms with Gasteiger partial charge in [-0.15, -0.1) is 0 Å². The summed E-state index contributed by atoms with van der Waals surface area (Å²) in [5, 5.41) is 19.2. The van der Waals surface area contributed by atoms with Crippen LogP contribution < -0.4 is 10.4 Å². The minimum atomic E-state index is -0.922. The molecule has 0 unspecified atom stereocenters. The van der Waals surface area contributed by atoms with Gasteiger partial charge in [0.15, 0.2) is 0 Å². The lowest BCUT2D eigenvalue weighted by Gasteiger charge is -2.18. The number of rotatable bonds is 1. The maximum atomic E-state index is 9.65. The first kappa shape index (κ1) is 9.36. The molecule has 0 fully saturated rings. The monoisotopic (exact) mass is 193 g/mol. The molecule has 2 rings (SSSR count). The van der Waals surface area contributed by atoms with Crippen LogP contribution in [0, 0.1) is 0 Å². The fourth-order valence-electron chi connectivity index (χ4n) is 1.76. The topological polar surface area (TPSA) is 52.9 Å². The Morgan fingerprint density at radius 3 is 2.79 bits per heavy atom. The number of hydrogen-bond donors (Lipinski definition) is 2. The molecule has 0 radical (unpaired) electrons. The molecule has 1 aliphatic rings. The lowest BCUT2D eigenvalue weighted by molar-refractivity contribution is 0.275. The van der Waals surface area contributed by atoms with Gasteiger partial charge in [-0.2, -0.15) is 0 Å². The van der Waals surface area contributed by atoms with E-state index in [9.17, 15) is 10.1 Å². The van der Waals surface area contributed by atoms with E-state index in [1.807, 2.05) is 14.1 Å². The summed E-state index contributed by atoms with van der Waals surface area (Å²) in [4.78, 5) is 1.77. The highest BCUT2D eigenvalue weighted by atomic mass is 16.5. The molecule has 0 amide bonds. The SMILES string of the molecule is CN(C)c1c(O)ccc2c1B(O)OC2. The molecule has 5 heteroatoms. The number of nitrogens with zero attached hydrogens (tertiary/aromatic N) is 1. The van der Waals surface area contributed by atoms with E-state index >= 15 is 0 Å². The van der Waals surface area contributed by atoms with Gasteiger partial charge in [0.05, 0.1) is 12.3 Å². The first-order valence-electron chi connectivity index (χ1n) is 4.43. The zero-order valence-corrected chi connectivity index (χ0v) is 8.19. The van der Waals surface area contributed by atoms with Crippen molar-refractivity contribution in [2.45, 2.75) is 6.61 Å². The largest absolute Gasteiger partial charge is 0.506 e. The number of fused-ring (bicyclic) bond motifs is 1. The molecule has 0 bridgehead atoms. The van der Waals surface area contributed by atoms with Gasteiger partial charge in [0.1, 0.15) is 5.75 Å². The van der Waals surface area contributed by atoms with E-state index in [1.165, 1.54) is 0 Å². The summed E-state index contributed by atoms with van der Waals surface area (Å²) in [7, 11) is 2.72. The minimum absolute atomic E-state index is 0.165. The summed E-state index contributed by atoms with van der Waals surface area (Å²) in [5.74, 6) is 0.165. The van der Waals surface area contributed by atoms with Crippen LogP contribution in [0.4, 0.5) is 5.69 Å². The van der Waals surface area contributed by atoms with Crippen LogP contribution in [0.3, 0.4) is 0 Å². The number of benzene rings is 1. The number of hydrogen-bond acceptors (Lipinski definition) is 4. The summed E-state index contributed by atoms with van der Waals surface area (Å²) in [6.07, 6.45) is 0. The van der Waals surface area contributed by atoms with E-state index in [0.29, 0.717) is 17.8 Å². The van der Waals surface area contributed by atoms with Gasteiger partial charge in [0.25, 0.3) is 0 Å². The Hall–Kier alpha value is -1.20. The fourth-order valence-corrected chi connectivity index (χ4v) is 1.76. The molecular weight excluding hydrogens is 181 g/mol. The molecule has 0 saturated heterocycles. The van der Waals surface area contributed by atoms with Crippen molar-refractivity contribution in [3.05, 3.63) is 17.7 Å². The van der Waals surface area contributed by atoms with Crippen LogP contribution in [-0.2, 0) is 11.3 Å². The van der Waals surface area contributed by atoms with E-state index in [4.69, 9.17) is 4.65 Å². The Kier molecular flexibility index (Phi) is 2.13. The number of aromatic hydroxyl groups is 1. The Morgan fingerprint density at radius 1 is 1.43 bits per heavy atom. The van der Waals surface area contributed by atoms with E-state index in [0.717, 1.165) is 5.56 Å². The van der Waals surface area contributed by atoms with Crippen molar-refractivity contribution >= 4 is 18.3 Å². The molecule has 0 saturated carbocycles. The summed E-state index contributed by atoms with van der Waals surface area (Å²) in [6.45, 7) is 0.400. The third-order valence-electron chi connectivity index (χ3n) is 2.38. The van der Waals surface area contributed by atoms with E-state index in [2.05, 4.69) is 0 Å². The van der Waals surface area contributed by atoms with Gasteiger partial charge < -0.3 is 19.7 Å². The first-order valence-corrected chi connectivity index (χ1v) is 4.43. The highest BCUT2D eigenvalue weighted by Crippen LogP contribution is 2.27. The van der Waals surface area contributed by atoms with Crippen molar-refractivity contribution in [2.75, 3.05) is 19.0 Å². The Balaban J connectivity index is 2.62. The predicted octanol–water partition coefficient (Wildman–Crippen LogP) is -0.324. The van der Waals surface area contributed by atoms with Gasteiger partial charge in [-0.1, -0.05) is 6.07 Å². The van der Waals surface area contributed by atoms with Gasteiger partial charge in [-0.05, 0) is 11.6 Å². The minimum Gasteiger partial charge on any atom is -0.506 e. The second-order valence-electron chi connectivity index (χ2n) is 3.56. The Morgan fingerprint density at radius 2 is 2.14 bits per heavy atom. The van der Waals surface area contributed by atoms with Crippen molar-refractivity contribution in [1.29, 1.82) is 0 Å². The average Bonchev–Trinajstić information content (AvgIpc) is 2.47. The van der Waals surface area contributed by atoms with E-state index in [-0.39, 0.29) is 5.75 Å². The quantitative estimate of drug-likeness (QED) is 0.600.